The molecule has 1 spiro atoms. The van der Waals surface area contributed by atoms with Gasteiger partial charge in [0.1, 0.15) is 5.60 Å². The van der Waals surface area contributed by atoms with Crippen LogP contribution in [0.25, 0.3) is 0 Å². The van der Waals surface area contributed by atoms with Crippen LogP contribution in [-0.2, 0) is 14.3 Å². The van der Waals surface area contributed by atoms with Crippen LogP contribution in [0.2, 0.25) is 0 Å². The normalized spacial score (nSPS) is 30.2. The van der Waals surface area contributed by atoms with Crippen LogP contribution in [0.1, 0.15) is 47.0 Å². The minimum atomic E-state index is -0.458. The molecule has 0 aromatic heterocycles. The number of carbonyl (C=O) groups excluding carboxylic acids is 2. The summed E-state index contributed by atoms with van der Waals surface area (Å²) in [7, 11) is 0. The maximum atomic E-state index is 11.9. The third-order valence-electron chi connectivity index (χ3n) is 3.93. The number of ether oxygens (including phenoxy) is 1. The second kappa shape index (κ2) is 3.47. The molecule has 1 amide bonds. The number of amides is 1. The van der Waals surface area contributed by atoms with Gasteiger partial charge in [0, 0.05) is 12.0 Å². The highest BCUT2D eigenvalue weighted by molar-refractivity contribution is 5.90. The fourth-order valence-corrected chi connectivity index (χ4v) is 2.77. The topological polar surface area (TPSA) is 55.4 Å². The van der Waals surface area contributed by atoms with Crippen LogP contribution in [-0.4, -0.2) is 24.0 Å². The summed E-state index contributed by atoms with van der Waals surface area (Å²) in [5.74, 6) is -0.0914. The van der Waals surface area contributed by atoms with E-state index in [1.165, 1.54) is 0 Å². The summed E-state index contributed by atoms with van der Waals surface area (Å²) >= 11 is 0. The van der Waals surface area contributed by atoms with Crippen LogP contribution < -0.4 is 5.32 Å². The molecule has 1 saturated heterocycles. The minimum Gasteiger partial charge on any atom is -0.460 e. The molecule has 0 aromatic rings. The van der Waals surface area contributed by atoms with E-state index in [0.29, 0.717) is 13.0 Å². The summed E-state index contributed by atoms with van der Waals surface area (Å²) in [5.41, 5.74) is -1.02. The molecule has 0 aromatic carbocycles. The van der Waals surface area contributed by atoms with Crippen molar-refractivity contribution in [3.05, 3.63) is 0 Å². The van der Waals surface area contributed by atoms with Crippen molar-refractivity contribution in [3.8, 4) is 0 Å². The standard InChI is InChI=1S/C13H21NO3/c1-11(2,3)17-9(15)7-12(4)8-14-10(16)13(12)5-6-13/h5-8H2,1-4H3,(H,14,16)/t12-/m1/s1. The van der Waals surface area contributed by atoms with E-state index in [2.05, 4.69) is 5.32 Å². The number of hydrogen-bond donors (Lipinski definition) is 1. The molecule has 1 saturated carbocycles. The van der Waals surface area contributed by atoms with Crippen molar-refractivity contribution in [2.45, 2.75) is 52.6 Å². The largest absolute Gasteiger partial charge is 0.460 e. The Kier molecular flexibility index (Phi) is 2.53. The quantitative estimate of drug-likeness (QED) is 0.745. The molecule has 0 radical (unpaired) electrons. The Morgan fingerprint density at radius 1 is 1.41 bits per heavy atom. The Balaban J connectivity index is 2.04. The molecule has 1 heterocycles. The predicted molar refractivity (Wildman–Crippen MR) is 63.2 cm³/mol. The summed E-state index contributed by atoms with van der Waals surface area (Å²) in [6.45, 7) is 8.18. The molecule has 2 fully saturated rings. The van der Waals surface area contributed by atoms with Crippen molar-refractivity contribution >= 4 is 11.9 Å². The number of hydrogen-bond acceptors (Lipinski definition) is 3. The maximum Gasteiger partial charge on any atom is 0.306 e. The zero-order chi connectivity index (χ0) is 12.9. The lowest BCUT2D eigenvalue weighted by Gasteiger charge is -2.29. The zero-order valence-electron chi connectivity index (χ0n) is 11.1. The lowest BCUT2D eigenvalue weighted by Crippen LogP contribution is -2.35. The van der Waals surface area contributed by atoms with Crippen molar-refractivity contribution in [2.75, 3.05) is 6.54 Å². The third-order valence-corrected chi connectivity index (χ3v) is 3.93. The third kappa shape index (κ3) is 2.05. The number of nitrogens with one attached hydrogen (secondary N) is 1. The van der Waals surface area contributed by atoms with Gasteiger partial charge in [-0.25, -0.2) is 0 Å². The Morgan fingerprint density at radius 2 is 2.00 bits per heavy atom. The van der Waals surface area contributed by atoms with Crippen LogP contribution in [0, 0.1) is 10.8 Å². The van der Waals surface area contributed by atoms with E-state index in [9.17, 15) is 9.59 Å². The molecule has 0 bridgehead atoms. The molecule has 4 heteroatoms. The van der Waals surface area contributed by atoms with Gasteiger partial charge in [0.15, 0.2) is 0 Å². The monoisotopic (exact) mass is 239 g/mol. The highest BCUT2D eigenvalue weighted by Crippen LogP contribution is 2.62. The zero-order valence-corrected chi connectivity index (χ0v) is 11.1. The second-order valence-corrected chi connectivity index (χ2v) is 6.59. The van der Waals surface area contributed by atoms with Gasteiger partial charge in [-0.15, -0.1) is 0 Å². The first-order valence-electron chi connectivity index (χ1n) is 6.19. The molecule has 4 nitrogen and oxygen atoms in total. The first-order chi connectivity index (χ1) is 7.69. The van der Waals surface area contributed by atoms with E-state index in [1.54, 1.807) is 0 Å². The summed E-state index contributed by atoms with van der Waals surface area (Å²) in [4.78, 5) is 23.7. The van der Waals surface area contributed by atoms with Crippen molar-refractivity contribution < 1.29 is 14.3 Å². The summed E-state index contributed by atoms with van der Waals surface area (Å²) < 4.78 is 5.34. The average Bonchev–Trinajstić information content (AvgIpc) is 2.87. The summed E-state index contributed by atoms with van der Waals surface area (Å²) in [5, 5.41) is 2.88. The lowest BCUT2D eigenvalue weighted by atomic mass is 9.74. The number of esters is 1. The molecule has 2 rings (SSSR count). The highest BCUT2D eigenvalue weighted by Gasteiger charge is 2.66. The first-order valence-corrected chi connectivity index (χ1v) is 6.19. The van der Waals surface area contributed by atoms with Gasteiger partial charge in [-0.1, -0.05) is 6.92 Å². The Bertz CT molecular complexity index is 365. The van der Waals surface area contributed by atoms with Gasteiger partial charge in [-0.3, -0.25) is 9.59 Å². The van der Waals surface area contributed by atoms with Crippen LogP contribution in [0.4, 0.5) is 0 Å². The van der Waals surface area contributed by atoms with Crippen LogP contribution in [0.3, 0.4) is 0 Å². The number of carbonyl (C=O) groups is 2. The van der Waals surface area contributed by atoms with Crippen molar-refractivity contribution in [3.63, 3.8) is 0 Å². The van der Waals surface area contributed by atoms with Crippen molar-refractivity contribution in [1.82, 2.24) is 5.32 Å². The van der Waals surface area contributed by atoms with E-state index in [4.69, 9.17) is 4.74 Å². The molecular formula is C13H21NO3. The van der Waals surface area contributed by atoms with E-state index in [0.717, 1.165) is 12.8 Å². The van der Waals surface area contributed by atoms with Gasteiger partial charge in [0.25, 0.3) is 0 Å². The van der Waals surface area contributed by atoms with E-state index < -0.39 is 5.60 Å². The fourth-order valence-electron chi connectivity index (χ4n) is 2.77. The van der Waals surface area contributed by atoms with Gasteiger partial charge in [-0.2, -0.15) is 0 Å². The van der Waals surface area contributed by atoms with Crippen molar-refractivity contribution in [1.29, 1.82) is 0 Å². The molecule has 1 N–H and O–H groups in total. The van der Waals surface area contributed by atoms with Gasteiger partial charge in [0.05, 0.1) is 11.8 Å². The van der Waals surface area contributed by atoms with Gasteiger partial charge >= 0.3 is 5.97 Å². The summed E-state index contributed by atoms with van der Waals surface area (Å²) in [6.07, 6.45) is 2.12. The molecule has 0 unspecified atom stereocenters. The second-order valence-electron chi connectivity index (χ2n) is 6.59. The molecular weight excluding hydrogens is 218 g/mol. The van der Waals surface area contributed by atoms with Gasteiger partial charge in [-0.05, 0) is 33.6 Å². The maximum absolute atomic E-state index is 11.9. The van der Waals surface area contributed by atoms with Crippen LogP contribution in [0.15, 0.2) is 0 Å². The first kappa shape index (κ1) is 12.4. The van der Waals surface area contributed by atoms with Gasteiger partial charge in [0.2, 0.25) is 5.91 Å². The molecule has 1 aliphatic carbocycles. The molecule has 96 valence electrons. The minimum absolute atomic E-state index is 0.114. The number of rotatable bonds is 2. The van der Waals surface area contributed by atoms with Gasteiger partial charge < -0.3 is 10.1 Å². The van der Waals surface area contributed by atoms with E-state index >= 15 is 0 Å². The summed E-state index contributed by atoms with van der Waals surface area (Å²) in [6, 6.07) is 0. The van der Waals surface area contributed by atoms with E-state index in [1.807, 2.05) is 27.7 Å². The Labute approximate surface area is 102 Å². The molecule has 1 atom stereocenters. The SMILES string of the molecule is CC(C)(C)OC(=O)C[C@]1(C)CNC(=O)C12CC2. The molecule has 17 heavy (non-hydrogen) atoms. The average molecular weight is 239 g/mol. The molecule has 1 aliphatic heterocycles. The van der Waals surface area contributed by atoms with Crippen LogP contribution in [0.5, 0.6) is 0 Å². The fraction of sp³-hybridized carbons (Fsp3) is 0.846. The Hall–Kier alpha value is -1.06. The Morgan fingerprint density at radius 3 is 2.47 bits per heavy atom. The predicted octanol–water partition coefficient (Wildman–Crippen LogP) is 1.63. The smallest absolute Gasteiger partial charge is 0.306 e. The van der Waals surface area contributed by atoms with Crippen LogP contribution >= 0.6 is 0 Å². The van der Waals surface area contributed by atoms with Crippen molar-refractivity contribution in [2.24, 2.45) is 10.8 Å². The highest BCUT2D eigenvalue weighted by atomic mass is 16.6. The van der Waals surface area contributed by atoms with E-state index in [-0.39, 0.29) is 22.7 Å². The lowest BCUT2D eigenvalue weighted by molar-refractivity contribution is -0.158. The molecule has 2 aliphatic rings.